The molecule has 0 aliphatic carbocycles. The van der Waals surface area contributed by atoms with Gasteiger partial charge in [-0.25, -0.2) is 0 Å². The Morgan fingerprint density at radius 2 is 1.50 bits per heavy atom. The summed E-state index contributed by atoms with van der Waals surface area (Å²) in [5, 5.41) is 0. The van der Waals surface area contributed by atoms with Crippen LogP contribution >= 0.6 is 0 Å². The highest BCUT2D eigenvalue weighted by molar-refractivity contribution is 5.17. The van der Waals surface area contributed by atoms with Gasteiger partial charge in [-0.05, 0) is 37.6 Å². The molecule has 1 heterocycles. The maximum atomic E-state index is 2.67. The van der Waals surface area contributed by atoms with Crippen molar-refractivity contribution >= 4 is 0 Å². The quantitative estimate of drug-likeness (QED) is 0.852. The zero-order chi connectivity index (χ0) is 15.2. The summed E-state index contributed by atoms with van der Waals surface area (Å²) in [6.45, 7) is 4.61. The van der Waals surface area contributed by atoms with Crippen LogP contribution in [0.15, 0.2) is 60.7 Å². The Morgan fingerprint density at radius 3 is 2.18 bits per heavy atom. The SMILES string of the molecule is CN1CCCN(Cc2ccccc2)[C@H](Cc2ccccc2)C1. The van der Waals surface area contributed by atoms with E-state index in [-0.39, 0.29) is 0 Å². The maximum Gasteiger partial charge on any atom is 0.0266 e. The normalized spacial score (nSPS) is 20.7. The lowest BCUT2D eigenvalue weighted by Gasteiger charge is -2.31. The molecule has 116 valence electrons. The molecule has 2 nitrogen and oxygen atoms in total. The van der Waals surface area contributed by atoms with Crippen molar-refractivity contribution in [1.29, 1.82) is 0 Å². The Morgan fingerprint density at radius 1 is 0.864 bits per heavy atom. The van der Waals surface area contributed by atoms with Crippen LogP contribution in [0.3, 0.4) is 0 Å². The summed E-state index contributed by atoms with van der Waals surface area (Å²) >= 11 is 0. The van der Waals surface area contributed by atoms with Crippen molar-refractivity contribution in [1.82, 2.24) is 9.80 Å². The Labute approximate surface area is 134 Å². The Hall–Kier alpha value is -1.64. The number of rotatable bonds is 4. The molecule has 3 rings (SSSR count). The van der Waals surface area contributed by atoms with Gasteiger partial charge in [0.1, 0.15) is 0 Å². The first kappa shape index (κ1) is 15.3. The summed E-state index contributed by atoms with van der Waals surface area (Å²) in [5.41, 5.74) is 2.87. The van der Waals surface area contributed by atoms with E-state index in [2.05, 4.69) is 77.5 Å². The third kappa shape index (κ3) is 4.19. The summed E-state index contributed by atoms with van der Waals surface area (Å²) in [5.74, 6) is 0. The van der Waals surface area contributed by atoms with Crippen LogP contribution in [0.25, 0.3) is 0 Å². The van der Waals surface area contributed by atoms with Gasteiger partial charge in [-0.2, -0.15) is 0 Å². The minimum Gasteiger partial charge on any atom is -0.305 e. The average Bonchev–Trinajstić information content (AvgIpc) is 2.71. The summed E-state index contributed by atoms with van der Waals surface area (Å²) in [6.07, 6.45) is 2.40. The van der Waals surface area contributed by atoms with Gasteiger partial charge >= 0.3 is 0 Å². The molecular weight excluding hydrogens is 268 g/mol. The van der Waals surface area contributed by atoms with E-state index in [0.29, 0.717) is 6.04 Å². The highest BCUT2D eigenvalue weighted by Crippen LogP contribution is 2.17. The smallest absolute Gasteiger partial charge is 0.0266 e. The van der Waals surface area contributed by atoms with Crippen molar-refractivity contribution in [3.63, 3.8) is 0 Å². The summed E-state index contributed by atoms with van der Waals surface area (Å²) in [6, 6.07) is 22.4. The van der Waals surface area contributed by atoms with E-state index in [1.54, 1.807) is 0 Å². The van der Waals surface area contributed by atoms with Gasteiger partial charge in [0.15, 0.2) is 0 Å². The lowest BCUT2D eigenvalue weighted by molar-refractivity contribution is 0.179. The summed E-state index contributed by atoms with van der Waals surface area (Å²) < 4.78 is 0. The van der Waals surface area contributed by atoms with Crippen LogP contribution in [0, 0.1) is 0 Å². The van der Waals surface area contributed by atoms with Gasteiger partial charge in [-0.1, -0.05) is 60.7 Å². The van der Waals surface area contributed by atoms with Gasteiger partial charge in [0.25, 0.3) is 0 Å². The minimum absolute atomic E-state index is 0.593. The molecule has 2 aromatic rings. The second-order valence-electron chi connectivity index (χ2n) is 6.42. The van der Waals surface area contributed by atoms with Crippen molar-refractivity contribution in [2.24, 2.45) is 0 Å². The minimum atomic E-state index is 0.593. The van der Waals surface area contributed by atoms with E-state index in [4.69, 9.17) is 0 Å². The van der Waals surface area contributed by atoms with Gasteiger partial charge in [-0.15, -0.1) is 0 Å². The van der Waals surface area contributed by atoms with Crippen molar-refractivity contribution in [2.45, 2.75) is 25.4 Å². The fourth-order valence-corrected chi connectivity index (χ4v) is 3.40. The number of benzene rings is 2. The Bertz CT molecular complexity index is 552. The van der Waals surface area contributed by atoms with Crippen molar-refractivity contribution in [2.75, 3.05) is 26.7 Å². The summed E-state index contributed by atoms with van der Waals surface area (Å²) in [4.78, 5) is 5.16. The van der Waals surface area contributed by atoms with Crippen molar-refractivity contribution in [3.05, 3.63) is 71.8 Å². The predicted octanol–water partition coefficient (Wildman–Crippen LogP) is 3.44. The van der Waals surface area contributed by atoms with Crippen LogP contribution in [0.2, 0.25) is 0 Å². The number of hydrogen-bond acceptors (Lipinski definition) is 2. The molecule has 1 saturated heterocycles. The molecule has 0 N–H and O–H groups in total. The van der Waals surface area contributed by atoms with Crippen LogP contribution in [0.4, 0.5) is 0 Å². The molecule has 0 spiro atoms. The third-order valence-corrected chi connectivity index (χ3v) is 4.57. The second-order valence-corrected chi connectivity index (χ2v) is 6.42. The average molecular weight is 294 g/mol. The Kier molecular flexibility index (Phi) is 5.25. The van der Waals surface area contributed by atoms with E-state index in [0.717, 1.165) is 19.5 Å². The fourth-order valence-electron chi connectivity index (χ4n) is 3.40. The van der Waals surface area contributed by atoms with Crippen LogP contribution < -0.4 is 0 Å². The molecule has 22 heavy (non-hydrogen) atoms. The topological polar surface area (TPSA) is 6.48 Å². The van der Waals surface area contributed by atoms with Gasteiger partial charge in [0.05, 0.1) is 0 Å². The number of hydrogen-bond donors (Lipinski definition) is 0. The molecule has 2 aromatic carbocycles. The second kappa shape index (κ2) is 7.57. The summed E-state index contributed by atoms with van der Waals surface area (Å²) in [7, 11) is 2.25. The first-order valence-electron chi connectivity index (χ1n) is 8.32. The molecule has 0 unspecified atom stereocenters. The molecule has 1 aliphatic rings. The van der Waals surface area contributed by atoms with E-state index < -0.39 is 0 Å². The highest BCUT2D eigenvalue weighted by Gasteiger charge is 2.23. The van der Waals surface area contributed by atoms with Crippen LogP contribution in [0.1, 0.15) is 17.5 Å². The molecule has 1 fully saturated rings. The van der Waals surface area contributed by atoms with E-state index in [9.17, 15) is 0 Å². The molecule has 1 aliphatic heterocycles. The highest BCUT2D eigenvalue weighted by atomic mass is 15.2. The molecular formula is C20H26N2. The molecule has 0 bridgehead atoms. The lowest BCUT2D eigenvalue weighted by Crippen LogP contribution is -2.41. The van der Waals surface area contributed by atoms with Gasteiger partial charge in [0.2, 0.25) is 0 Å². The number of nitrogens with zero attached hydrogens (tertiary/aromatic N) is 2. The van der Waals surface area contributed by atoms with E-state index in [1.165, 1.54) is 30.6 Å². The third-order valence-electron chi connectivity index (χ3n) is 4.57. The van der Waals surface area contributed by atoms with Crippen LogP contribution in [-0.2, 0) is 13.0 Å². The molecule has 0 radical (unpaired) electrons. The van der Waals surface area contributed by atoms with Crippen LogP contribution in [-0.4, -0.2) is 42.5 Å². The zero-order valence-electron chi connectivity index (χ0n) is 13.5. The predicted molar refractivity (Wildman–Crippen MR) is 92.9 cm³/mol. The molecule has 2 heteroatoms. The maximum absolute atomic E-state index is 2.67. The largest absolute Gasteiger partial charge is 0.305 e. The van der Waals surface area contributed by atoms with Crippen LogP contribution in [0.5, 0.6) is 0 Å². The molecule has 0 aromatic heterocycles. The molecule has 1 atom stereocenters. The van der Waals surface area contributed by atoms with E-state index in [1.807, 2.05) is 0 Å². The van der Waals surface area contributed by atoms with Gasteiger partial charge < -0.3 is 4.90 Å². The first-order chi connectivity index (χ1) is 10.8. The molecule has 0 amide bonds. The van der Waals surface area contributed by atoms with E-state index >= 15 is 0 Å². The fraction of sp³-hybridized carbons (Fsp3) is 0.400. The number of likely N-dealkylation sites (N-methyl/N-ethyl adjacent to an activating group) is 1. The zero-order valence-corrected chi connectivity index (χ0v) is 13.5. The molecule has 0 saturated carbocycles. The standard InChI is InChI=1S/C20H26N2/c1-21-13-8-14-22(16-19-11-6-3-7-12-19)20(17-21)15-18-9-4-2-5-10-18/h2-7,9-12,20H,8,13-17H2,1H3/t20-/m1/s1. The van der Waals surface area contributed by atoms with Gasteiger partial charge in [0, 0.05) is 25.7 Å². The Balaban J connectivity index is 1.74. The monoisotopic (exact) mass is 294 g/mol. The van der Waals surface area contributed by atoms with Gasteiger partial charge in [-0.3, -0.25) is 4.90 Å². The first-order valence-corrected chi connectivity index (χ1v) is 8.32. The van der Waals surface area contributed by atoms with Crippen molar-refractivity contribution in [3.8, 4) is 0 Å². The lowest BCUT2D eigenvalue weighted by atomic mass is 10.0. The van der Waals surface area contributed by atoms with Crippen molar-refractivity contribution < 1.29 is 0 Å².